The first-order chi connectivity index (χ1) is 7.99. The van der Waals surface area contributed by atoms with E-state index < -0.39 is 11.6 Å². The summed E-state index contributed by atoms with van der Waals surface area (Å²) in [6, 6.07) is 0. The minimum Gasteiger partial charge on any atom is -0.466 e. The van der Waals surface area contributed by atoms with Gasteiger partial charge in [-0.3, -0.25) is 4.79 Å². The molecule has 1 aliphatic rings. The standard InChI is InChI=1S/C13H20O4/c1-4-16-11(14)9-13(7-5-6-8-13)17-12(15)10(2)3/h2,4-9H2,1,3H3. The van der Waals surface area contributed by atoms with Gasteiger partial charge in [-0.25, -0.2) is 4.79 Å². The molecule has 0 bridgehead atoms. The summed E-state index contributed by atoms with van der Waals surface area (Å²) in [5.41, 5.74) is -0.303. The summed E-state index contributed by atoms with van der Waals surface area (Å²) >= 11 is 0. The van der Waals surface area contributed by atoms with Crippen molar-refractivity contribution in [3.05, 3.63) is 12.2 Å². The third-order valence-electron chi connectivity index (χ3n) is 2.94. The second kappa shape index (κ2) is 5.84. The molecule has 0 spiro atoms. The molecular formula is C13H20O4. The molecule has 0 saturated heterocycles. The summed E-state index contributed by atoms with van der Waals surface area (Å²) in [5, 5.41) is 0. The second-order valence-electron chi connectivity index (χ2n) is 4.54. The van der Waals surface area contributed by atoms with Gasteiger partial charge in [0.1, 0.15) is 5.60 Å². The first kappa shape index (κ1) is 13.7. The van der Waals surface area contributed by atoms with E-state index in [0.29, 0.717) is 12.2 Å². The highest BCUT2D eigenvalue weighted by molar-refractivity contribution is 5.87. The average Bonchev–Trinajstić information content (AvgIpc) is 2.66. The molecule has 0 radical (unpaired) electrons. The third-order valence-corrected chi connectivity index (χ3v) is 2.94. The molecule has 1 fully saturated rings. The van der Waals surface area contributed by atoms with E-state index >= 15 is 0 Å². The molecule has 0 aromatic rings. The molecule has 1 aliphatic carbocycles. The zero-order valence-corrected chi connectivity index (χ0v) is 10.6. The molecule has 0 atom stereocenters. The lowest BCUT2D eigenvalue weighted by Gasteiger charge is -2.28. The number of carbonyl (C=O) groups excluding carboxylic acids is 2. The van der Waals surface area contributed by atoms with E-state index in [-0.39, 0.29) is 12.4 Å². The topological polar surface area (TPSA) is 52.6 Å². The van der Waals surface area contributed by atoms with Gasteiger partial charge in [0.25, 0.3) is 0 Å². The molecule has 0 aromatic heterocycles. The van der Waals surface area contributed by atoms with Gasteiger partial charge >= 0.3 is 11.9 Å². The van der Waals surface area contributed by atoms with Crippen molar-refractivity contribution in [2.24, 2.45) is 0 Å². The van der Waals surface area contributed by atoms with Crippen LogP contribution in [0.2, 0.25) is 0 Å². The van der Waals surface area contributed by atoms with E-state index in [0.717, 1.165) is 25.7 Å². The molecule has 0 aliphatic heterocycles. The Hall–Kier alpha value is -1.32. The van der Waals surface area contributed by atoms with Gasteiger partial charge in [-0.05, 0) is 39.5 Å². The minimum atomic E-state index is -0.664. The Morgan fingerprint density at radius 2 is 1.88 bits per heavy atom. The van der Waals surface area contributed by atoms with Crippen molar-refractivity contribution in [3.8, 4) is 0 Å². The molecule has 96 valence electrons. The van der Waals surface area contributed by atoms with E-state index in [1.54, 1.807) is 13.8 Å². The Morgan fingerprint density at radius 1 is 1.29 bits per heavy atom. The first-order valence-electron chi connectivity index (χ1n) is 6.03. The van der Waals surface area contributed by atoms with Crippen LogP contribution in [0.25, 0.3) is 0 Å². The molecule has 17 heavy (non-hydrogen) atoms. The van der Waals surface area contributed by atoms with E-state index in [1.165, 1.54) is 0 Å². The average molecular weight is 240 g/mol. The summed E-state index contributed by atoms with van der Waals surface area (Å²) in [4.78, 5) is 23.1. The highest BCUT2D eigenvalue weighted by atomic mass is 16.6. The Kier molecular flexibility index (Phi) is 4.73. The summed E-state index contributed by atoms with van der Waals surface area (Å²) in [6.45, 7) is 7.27. The van der Waals surface area contributed by atoms with Crippen molar-refractivity contribution in [3.63, 3.8) is 0 Å². The molecule has 0 N–H and O–H groups in total. The fourth-order valence-corrected chi connectivity index (χ4v) is 2.09. The number of carbonyl (C=O) groups is 2. The molecule has 0 unspecified atom stereocenters. The maximum atomic E-state index is 11.6. The summed E-state index contributed by atoms with van der Waals surface area (Å²) in [7, 11) is 0. The predicted octanol–water partition coefficient (Wildman–Crippen LogP) is 2.37. The number of rotatable bonds is 5. The Balaban J connectivity index is 2.65. The van der Waals surface area contributed by atoms with Crippen molar-refractivity contribution in [1.29, 1.82) is 0 Å². The number of ether oxygens (including phenoxy) is 2. The zero-order chi connectivity index (χ0) is 12.9. The maximum Gasteiger partial charge on any atom is 0.333 e. The lowest BCUT2D eigenvalue weighted by Crippen LogP contribution is -2.35. The molecule has 1 saturated carbocycles. The smallest absolute Gasteiger partial charge is 0.333 e. The minimum absolute atomic E-state index is 0.153. The summed E-state index contributed by atoms with van der Waals surface area (Å²) < 4.78 is 10.4. The van der Waals surface area contributed by atoms with Crippen LogP contribution in [0.15, 0.2) is 12.2 Å². The van der Waals surface area contributed by atoms with Gasteiger partial charge in [0, 0.05) is 5.57 Å². The van der Waals surface area contributed by atoms with Crippen LogP contribution in [0.5, 0.6) is 0 Å². The molecule has 0 amide bonds. The van der Waals surface area contributed by atoms with Gasteiger partial charge in [0.2, 0.25) is 0 Å². The normalized spacial score (nSPS) is 17.5. The van der Waals surface area contributed by atoms with Crippen molar-refractivity contribution in [2.75, 3.05) is 6.61 Å². The summed E-state index contributed by atoms with van der Waals surface area (Å²) in [6.07, 6.45) is 3.56. The molecule has 4 heteroatoms. The fraction of sp³-hybridized carbons (Fsp3) is 0.692. The molecule has 4 nitrogen and oxygen atoms in total. The van der Waals surface area contributed by atoms with Crippen LogP contribution in [0.3, 0.4) is 0 Å². The van der Waals surface area contributed by atoms with Gasteiger partial charge < -0.3 is 9.47 Å². The predicted molar refractivity (Wildman–Crippen MR) is 63.4 cm³/mol. The Morgan fingerprint density at radius 3 is 2.35 bits per heavy atom. The lowest BCUT2D eigenvalue weighted by atomic mass is 9.97. The monoisotopic (exact) mass is 240 g/mol. The van der Waals surface area contributed by atoms with Crippen LogP contribution in [0.4, 0.5) is 0 Å². The van der Waals surface area contributed by atoms with E-state index in [4.69, 9.17) is 9.47 Å². The Bertz CT molecular complexity index is 313. The van der Waals surface area contributed by atoms with Crippen molar-refractivity contribution < 1.29 is 19.1 Å². The lowest BCUT2D eigenvalue weighted by molar-refractivity contribution is -0.162. The Labute approximate surface area is 102 Å². The van der Waals surface area contributed by atoms with Gasteiger partial charge in [-0.2, -0.15) is 0 Å². The van der Waals surface area contributed by atoms with Crippen molar-refractivity contribution in [1.82, 2.24) is 0 Å². The quantitative estimate of drug-likeness (QED) is 0.547. The van der Waals surface area contributed by atoms with Gasteiger partial charge in [0.05, 0.1) is 13.0 Å². The number of hydrogen-bond donors (Lipinski definition) is 0. The van der Waals surface area contributed by atoms with Crippen LogP contribution in [-0.4, -0.2) is 24.1 Å². The zero-order valence-electron chi connectivity index (χ0n) is 10.6. The largest absolute Gasteiger partial charge is 0.466 e. The van der Waals surface area contributed by atoms with E-state index in [1.807, 2.05) is 0 Å². The highest BCUT2D eigenvalue weighted by Gasteiger charge is 2.40. The molecular weight excluding hydrogens is 220 g/mol. The van der Waals surface area contributed by atoms with Crippen molar-refractivity contribution >= 4 is 11.9 Å². The van der Waals surface area contributed by atoms with Gasteiger partial charge in [0.15, 0.2) is 0 Å². The molecule has 0 heterocycles. The first-order valence-corrected chi connectivity index (χ1v) is 6.03. The number of hydrogen-bond acceptors (Lipinski definition) is 4. The third kappa shape index (κ3) is 3.88. The van der Waals surface area contributed by atoms with E-state index in [9.17, 15) is 9.59 Å². The van der Waals surface area contributed by atoms with Crippen LogP contribution in [0, 0.1) is 0 Å². The molecule has 1 rings (SSSR count). The van der Waals surface area contributed by atoms with Crippen LogP contribution in [0.1, 0.15) is 46.0 Å². The van der Waals surface area contributed by atoms with Crippen LogP contribution in [-0.2, 0) is 19.1 Å². The van der Waals surface area contributed by atoms with Crippen LogP contribution >= 0.6 is 0 Å². The van der Waals surface area contributed by atoms with Crippen molar-refractivity contribution in [2.45, 2.75) is 51.6 Å². The fourth-order valence-electron chi connectivity index (χ4n) is 2.09. The molecule has 0 aromatic carbocycles. The summed E-state index contributed by atoms with van der Waals surface area (Å²) in [5.74, 6) is -0.722. The van der Waals surface area contributed by atoms with Gasteiger partial charge in [-0.1, -0.05) is 6.58 Å². The number of esters is 2. The van der Waals surface area contributed by atoms with Crippen LogP contribution < -0.4 is 0 Å². The highest BCUT2D eigenvalue weighted by Crippen LogP contribution is 2.37. The maximum absolute atomic E-state index is 11.6. The van der Waals surface area contributed by atoms with Gasteiger partial charge in [-0.15, -0.1) is 0 Å². The van der Waals surface area contributed by atoms with E-state index in [2.05, 4.69) is 6.58 Å². The SMILES string of the molecule is C=C(C)C(=O)OC1(CC(=O)OCC)CCCC1. The second-order valence-corrected chi connectivity index (χ2v) is 4.54.